The molecule has 4 heteroatoms. The Morgan fingerprint density at radius 2 is 1.70 bits per heavy atom. The van der Waals surface area contributed by atoms with Crippen molar-refractivity contribution in [2.45, 2.75) is 53.8 Å². The molecule has 1 aromatic carbocycles. The maximum absolute atomic E-state index is 4.33. The highest BCUT2D eigenvalue weighted by atomic mass is 15.2. The third kappa shape index (κ3) is 6.61. The molecule has 0 bridgehead atoms. The molecule has 0 saturated carbocycles. The van der Waals surface area contributed by atoms with Crippen molar-refractivity contribution in [2.75, 3.05) is 20.1 Å². The topological polar surface area (TPSA) is 39.7 Å². The van der Waals surface area contributed by atoms with Crippen LogP contribution in [-0.2, 0) is 13.1 Å². The zero-order valence-electron chi connectivity index (χ0n) is 15.7. The number of benzene rings is 1. The molecule has 1 rings (SSSR count). The van der Waals surface area contributed by atoms with Gasteiger partial charge in [0.25, 0.3) is 0 Å². The number of rotatable bonds is 8. The molecule has 0 aliphatic heterocycles. The van der Waals surface area contributed by atoms with Crippen LogP contribution in [-0.4, -0.2) is 37.0 Å². The smallest absolute Gasteiger partial charge is 0.191 e. The predicted molar refractivity (Wildman–Crippen MR) is 101 cm³/mol. The summed E-state index contributed by atoms with van der Waals surface area (Å²) in [5, 5.41) is 6.89. The average Bonchev–Trinajstić information content (AvgIpc) is 2.56. The number of hydrogen-bond acceptors (Lipinski definition) is 2. The lowest BCUT2D eigenvalue weighted by Gasteiger charge is -2.22. The molecule has 0 spiro atoms. The van der Waals surface area contributed by atoms with Gasteiger partial charge in [-0.3, -0.25) is 9.89 Å². The second-order valence-corrected chi connectivity index (χ2v) is 6.33. The Kier molecular flexibility index (Phi) is 8.70. The van der Waals surface area contributed by atoms with Crippen LogP contribution in [0.3, 0.4) is 0 Å². The van der Waals surface area contributed by atoms with Gasteiger partial charge in [0, 0.05) is 26.2 Å². The summed E-state index contributed by atoms with van der Waals surface area (Å²) in [6.07, 6.45) is 0. The van der Waals surface area contributed by atoms with Crippen molar-refractivity contribution in [1.29, 1.82) is 0 Å². The largest absolute Gasteiger partial charge is 0.354 e. The summed E-state index contributed by atoms with van der Waals surface area (Å²) in [6, 6.07) is 9.05. The van der Waals surface area contributed by atoms with Crippen LogP contribution in [0.15, 0.2) is 29.3 Å². The normalized spacial score (nSPS) is 13.5. The van der Waals surface area contributed by atoms with Gasteiger partial charge < -0.3 is 10.6 Å². The first-order valence-electron chi connectivity index (χ1n) is 8.78. The van der Waals surface area contributed by atoms with Crippen molar-refractivity contribution in [3.05, 3.63) is 35.4 Å². The molecular formula is C19H34N4. The van der Waals surface area contributed by atoms with E-state index in [9.17, 15) is 0 Å². The van der Waals surface area contributed by atoms with Crippen molar-refractivity contribution in [2.24, 2.45) is 10.9 Å². The Bertz CT molecular complexity index is 478. The first-order chi connectivity index (χ1) is 11.0. The van der Waals surface area contributed by atoms with E-state index in [0.29, 0.717) is 12.0 Å². The third-order valence-electron chi connectivity index (χ3n) is 4.44. The molecule has 0 amide bonds. The minimum absolute atomic E-state index is 0.395. The summed E-state index contributed by atoms with van der Waals surface area (Å²) in [5.41, 5.74) is 2.72. The van der Waals surface area contributed by atoms with Crippen LogP contribution in [0.25, 0.3) is 0 Å². The number of guanidine groups is 1. The molecular weight excluding hydrogens is 284 g/mol. The van der Waals surface area contributed by atoms with Gasteiger partial charge in [0.2, 0.25) is 0 Å². The van der Waals surface area contributed by atoms with Crippen LogP contribution < -0.4 is 10.6 Å². The van der Waals surface area contributed by atoms with Crippen molar-refractivity contribution in [3.8, 4) is 0 Å². The Morgan fingerprint density at radius 1 is 1.09 bits per heavy atom. The van der Waals surface area contributed by atoms with E-state index in [4.69, 9.17) is 0 Å². The summed E-state index contributed by atoms with van der Waals surface area (Å²) >= 11 is 0. The first kappa shape index (κ1) is 19.5. The second kappa shape index (κ2) is 10.3. The Balaban J connectivity index is 2.69. The maximum atomic E-state index is 4.33. The van der Waals surface area contributed by atoms with Gasteiger partial charge in [0.1, 0.15) is 0 Å². The lowest BCUT2D eigenvalue weighted by molar-refractivity contribution is 0.295. The summed E-state index contributed by atoms with van der Waals surface area (Å²) in [4.78, 5) is 6.77. The van der Waals surface area contributed by atoms with Gasteiger partial charge in [0.05, 0.1) is 0 Å². The van der Waals surface area contributed by atoms with Crippen molar-refractivity contribution < 1.29 is 0 Å². The van der Waals surface area contributed by atoms with E-state index in [2.05, 4.69) is 79.4 Å². The van der Waals surface area contributed by atoms with Gasteiger partial charge in [-0.25, -0.2) is 0 Å². The number of nitrogens with zero attached hydrogens (tertiary/aromatic N) is 2. The van der Waals surface area contributed by atoms with Gasteiger partial charge in [-0.1, -0.05) is 52.0 Å². The Hall–Kier alpha value is -1.55. The molecule has 130 valence electrons. The van der Waals surface area contributed by atoms with Gasteiger partial charge in [-0.05, 0) is 37.1 Å². The fraction of sp³-hybridized carbons (Fsp3) is 0.632. The van der Waals surface area contributed by atoms with E-state index in [-0.39, 0.29) is 0 Å². The summed E-state index contributed by atoms with van der Waals surface area (Å²) in [6.45, 7) is 15.0. The predicted octanol–water partition coefficient (Wildman–Crippen LogP) is 3.24. The zero-order valence-corrected chi connectivity index (χ0v) is 15.7. The highest BCUT2D eigenvalue weighted by Gasteiger charge is 2.10. The molecule has 2 N–H and O–H groups in total. The lowest BCUT2D eigenvalue weighted by Crippen LogP contribution is -2.44. The standard InChI is InChI=1S/C19H34N4/c1-7-23(8-2)14-18-12-10-9-11-17(18)13-21-19(20-6)22-16(5)15(3)4/h9-12,15-16H,7-8,13-14H2,1-6H3,(H2,20,21,22). The van der Waals surface area contributed by atoms with Crippen LogP contribution in [0.4, 0.5) is 0 Å². The summed E-state index contributed by atoms with van der Waals surface area (Å²) < 4.78 is 0. The van der Waals surface area contributed by atoms with Gasteiger partial charge in [-0.2, -0.15) is 0 Å². The summed E-state index contributed by atoms with van der Waals surface area (Å²) in [7, 11) is 1.82. The number of nitrogens with one attached hydrogen (secondary N) is 2. The minimum Gasteiger partial charge on any atom is -0.354 e. The first-order valence-corrected chi connectivity index (χ1v) is 8.78. The second-order valence-electron chi connectivity index (χ2n) is 6.33. The van der Waals surface area contributed by atoms with Crippen LogP contribution >= 0.6 is 0 Å². The molecule has 0 aromatic heterocycles. The Morgan fingerprint density at radius 3 is 2.22 bits per heavy atom. The van der Waals surface area contributed by atoms with Gasteiger partial charge in [0.15, 0.2) is 5.96 Å². The fourth-order valence-electron chi connectivity index (χ4n) is 2.33. The third-order valence-corrected chi connectivity index (χ3v) is 4.44. The highest BCUT2D eigenvalue weighted by molar-refractivity contribution is 5.79. The summed E-state index contributed by atoms with van der Waals surface area (Å²) in [5.74, 6) is 1.44. The lowest BCUT2D eigenvalue weighted by atomic mass is 10.1. The molecule has 23 heavy (non-hydrogen) atoms. The Labute approximate surface area is 142 Å². The van der Waals surface area contributed by atoms with E-state index < -0.39 is 0 Å². The number of hydrogen-bond donors (Lipinski definition) is 2. The zero-order chi connectivity index (χ0) is 17.2. The molecule has 0 heterocycles. The van der Waals surface area contributed by atoms with E-state index in [1.807, 2.05) is 7.05 Å². The van der Waals surface area contributed by atoms with E-state index in [1.165, 1.54) is 11.1 Å². The molecule has 1 unspecified atom stereocenters. The monoisotopic (exact) mass is 318 g/mol. The average molecular weight is 319 g/mol. The van der Waals surface area contributed by atoms with E-state index >= 15 is 0 Å². The maximum Gasteiger partial charge on any atom is 0.191 e. The molecule has 0 aliphatic rings. The van der Waals surface area contributed by atoms with Gasteiger partial charge >= 0.3 is 0 Å². The van der Waals surface area contributed by atoms with Crippen LogP contribution in [0, 0.1) is 5.92 Å². The van der Waals surface area contributed by atoms with E-state index in [0.717, 1.165) is 32.1 Å². The molecule has 1 aromatic rings. The minimum atomic E-state index is 0.395. The number of aliphatic imine (C=N–C) groups is 1. The van der Waals surface area contributed by atoms with Gasteiger partial charge in [-0.15, -0.1) is 0 Å². The van der Waals surface area contributed by atoms with Crippen LogP contribution in [0.2, 0.25) is 0 Å². The molecule has 0 aliphatic carbocycles. The quantitative estimate of drug-likeness (QED) is 0.571. The van der Waals surface area contributed by atoms with Crippen molar-refractivity contribution in [1.82, 2.24) is 15.5 Å². The molecule has 0 saturated heterocycles. The van der Waals surface area contributed by atoms with E-state index in [1.54, 1.807) is 0 Å². The molecule has 1 atom stereocenters. The van der Waals surface area contributed by atoms with Crippen LogP contribution in [0.1, 0.15) is 45.7 Å². The SMILES string of the molecule is CCN(CC)Cc1ccccc1CNC(=NC)NC(C)C(C)C. The fourth-order valence-corrected chi connectivity index (χ4v) is 2.33. The molecule has 0 fully saturated rings. The van der Waals surface area contributed by atoms with Crippen LogP contribution in [0.5, 0.6) is 0 Å². The highest BCUT2D eigenvalue weighted by Crippen LogP contribution is 2.11. The molecule has 0 radical (unpaired) electrons. The van der Waals surface area contributed by atoms with Crippen molar-refractivity contribution in [3.63, 3.8) is 0 Å². The van der Waals surface area contributed by atoms with Crippen molar-refractivity contribution >= 4 is 5.96 Å². The molecule has 4 nitrogen and oxygen atoms in total.